The highest BCUT2D eigenvalue weighted by Crippen LogP contribution is 2.36. The van der Waals surface area contributed by atoms with Crippen molar-refractivity contribution in [3.63, 3.8) is 0 Å². The van der Waals surface area contributed by atoms with Crippen molar-refractivity contribution in [2.24, 2.45) is 0 Å². The van der Waals surface area contributed by atoms with E-state index in [9.17, 15) is 38.6 Å². The summed E-state index contributed by atoms with van der Waals surface area (Å²) in [6, 6.07) is 22.5. The number of carboxylic acids is 3. The number of likely N-dealkylation sites (tertiary alicyclic amines) is 1. The number of nitrogens with zero attached hydrogens (tertiary/aromatic N) is 3. The SMILES string of the molecule is COc1c(C#N)cc2ccccc2c1C(=O)N(C)CC(CCN1CCC(c2ccc(NC(=O)C(C)(C)O)cc2S(C)=O)CC1)c1ccc(Cl)c(Cl)c1.O=C(O)CC(O)(CC(=O)O)C(=O)O. The molecular weight excluding hydrogens is 903 g/mol. The van der Waals surface area contributed by atoms with Gasteiger partial charge in [0, 0.05) is 36.3 Å². The fraction of sp³-hybridized carbons (Fsp3) is 0.391. The van der Waals surface area contributed by atoms with E-state index in [0.717, 1.165) is 55.4 Å². The standard InChI is InChI=1S/C40H44Cl2N4O5S.C6H8O7/c1-40(2,49)39(48)44-30-11-12-31(35(22-30)52(5)50)25-14-17-46(18-15-25)19-16-28(26-10-13-33(41)34(42)21-26)24-45(3)38(47)36-32-9-7-6-8-27(32)20-29(23-43)37(36)51-4;7-3(8)1-6(13,5(11)12)2-4(9)10/h6-13,20-22,25,28,49H,14-19,24H2,1-5H3,(H,44,48);13H,1-2H2,(H,7,8)(H,9,10)(H,11,12). The lowest BCUT2D eigenvalue weighted by Crippen LogP contribution is -2.42. The van der Waals surface area contributed by atoms with Gasteiger partial charge in [-0.05, 0) is 111 Å². The molecule has 2 amide bonds. The minimum atomic E-state index is -2.74. The fourth-order valence-electron chi connectivity index (χ4n) is 7.57. The first kappa shape index (κ1) is 52.0. The Bertz CT molecular complexity index is 2480. The zero-order valence-corrected chi connectivity index (χ0v) is 38.8. The number of nitrogens with one attached hydrogen (secondary N) is 1. The van der Waals surface area contributed by atoms with E-state index in [1.54, 1.807) is 42.5 Å². The number of carboxylic acid groups (broad SMARTS) is 3. The Kier molecular flexibility index (Phi) is 18.0. The molecule has 4 aromatic carbocycles. The Morgan fingerprint density at radius 2 is 1.58 bits per heavy atom. The van der Waals surface area contributed by atoms with Crippen molar-refractivity contribution in [2.45, 2.75) is 73.9 Å². The molecule has 1 aliphatic heterocycles. The molecule has 1 aliphatic rings. The second-order valence-electron chi connectivity index (χ2n) is 16.3. The lowest BCUT2D eigenvalue weighted by molar-refractivity contribution is -0.170. The molecular formula is C46H52Cl2N4O12S. The summed E-state index contributed by atoms with van der Waals surface area (Å²) in [5.74, 6) is -5.40. The highest BCUT2D eigenvalue weighted by atomic mass is 35.5. The predicted octanol–water partition coefficient (Wildman–Crippen LogP) is 6.35. The van der Waals surface area contributed by atoms with E-state index in [2.05, 4.69) is 16.3 Å². The lowest BCUT2D eigenvalue weighted by atomic mass is 9.88. The summed E-state index contributed by atoms with van der Waals surface area (Å²) in [5, 5.41) is 58.8. The molecule has 2 unspecified atom stereocenters. The maximum Gasteiger partial charge on any atom is 0.336 e. The van der Waals surface area contributed by atoms with Crippen LogP contribution in [0.1, 0.15) is 84.8 Å². The summed E-state index contributed by atoms with van der Waals surface area (Å²) in [6.07, 6.45) is 1.84. The third kappa shape index (κ3) is 13.7. The summed E-state index contributed by atoms with van der Waals surface area (Å²) in [4.78, 5) is 61.8. The van der Waals surface area contributed by atoms with Crippen LogP contribution in [0.25, 0.3) is 10.8 Å². The quantitative estimate of drug-likeness (QED) is 0.0675. The van der Waals surface area contributed by atoms with Gasteiger partial charge < -0.3 is 45.4 Å². The molecule has 0 aromatic heterocycles. The Hall–Kier alpha value is -5.61. The van der Waals surface area contributed by atoms with Crippen LogP contribution in [0.2, 0.25) is 10.0 Å². The summed E-state index contributed by atoms with van der Waals surface area (Å²) in [5.41, 5.74) is -1.13. The van der Waals surface area contributed by atoms with Gasteiger partial charge in [0.05, 0.1) is 51.9 Å². The maximum atomic E-state index is 14.2. The summed E-state index contributed by atoms with van der Waals surface area (Å²) in [7, 11) is 1.97. The molecule has 0 radical (unpaired) electrons. The molecule has 0 spiro atoms. The van der Waals surface area contributed by atoms with E-state index in [4.69, 9.17) is 48.4 Å². The number of nitriles is 1. The Labute approximate surface area is 388 Å². The molecule has 0 bridgehead atoms. The van der Waals surface area contributed by atoms with Crippen molar-refractivity contribution in [1.82, 2.24) is 9.80 Å². The van der Waals surface area contributed by atoms with Crippen LogP contribution in [0.4, 0.5) is 5.69 Å². The van der Waals surface area contributed by atoms with Crippen LogP contribution in [-0.4, -0.2) is 127 Å². The largest absolute Gasteiger partial charge is 0.495 e. The third-order valence-corrected chi connectivity index (χ3v) is 12.8. The van der Waals surface area contributed by atoms with Crippen molar-refractivity contribution >= 4 is 80.2 Å². The average molecular weight is 956 g/mol. The molecule has 19 heteroatoms. The van der Waals surface area contributed by atoms with Crippen molar-refractivity contribution < 1.29 is 58.5 Å². The molecule has 2 atom stereocenters. The molecule has 1 heterocycles. The summed E-state index contributed by atoms with van der Waals surface area (Å²) < 4.78 is 18.4. The number of halogens is 2. The van der Waals surface area contributed by atoms with Gasteiger partial charge in [-0.1, -0.05) is 59.6 Å². The number of anilines is 1. The Balaban J connectivity index is 0.000000617. The minimum Gasteiger partial charge on any atom is -0.495 e. The van der Waals surface area contributed by atoms with E-state index in [1.807, 2.05) is 42.5 Å². The number of aliphatic carboxylic acids is 3. The Morgan fingerprint density at radius 1 is 0.954 bits per heavy atom. The maximum absolute atomic E-state index is 14.2. The second-order valence-corrected chi connectivity index (χ2v) is 18.5. The number of piperidine rings is 1. The number of likely N-dealkylation sites (N-methyl/N-ethyl adjacent to an activating group) is 1. The third-order valence-electron chi connectivity index (χ3n) is 11.0. The molecule has 6 N–H and O–H groups in total. The van der Waals surface area contributed by atoms with Crippen LogP contribution in [0, 0.1) is 11.3 Å². The lowest BCUT2D eigenvalue weighted by Gasteiger charge is -2.34. The van der Waals surface area contributed by atoms with Gasteiger partial charge in [0.1, 0.15) is 17.4 Å². The van der Waals surface area contributed by atoms with E-state index >= 15 is 0 Å². The normalized spacial score (nSPS) is 14.3. The number of hydrogen-bond donors (Lipinski definition) is 6. The second kappa shape index (κ2) is 22.5. The number of methoxy groups -OCH3 is 1. The number of fused-ring (bicyclic) bond motifs is 1. The van der Waals surface area contributed by atoms with Gasteiger partial charge in [-0.2, -0.15) is 5.26 Å². The minimum absolute atomic E-state index is 0.0707. The topological polar surface area (TPSA) is 255 Å². The van der Waals surface area contributed by atoms with E-state index in [-0.39, 0.29) is 23.5 Å². The smallest absolute Gasteiger partial charge is 0.336 e. The average Bonchev–Trinajstić information content (AvgIpc) is 3.24. The van der Waals surface area contributed by atoms with Crippen LogP contribution in [0.15, 0.2) is 71.6 Å². The van der Waals surface area contributed by atoms with Gasteiger partial charge in [0.15, 0.2) is 5.60 Å². The van der Waals surface area contributed by atoms with Crippen molar-refractivity contribution in [3.05, 3.63) is 99.0 Å². The zero-order chi connectivity index (χ0) is 48.4. The van der Waals surface area contributed by atoms with Crippen molar-refractivity contribution in [3.8, 4) is 11.8 Å². The number of aliphatic hydroxyl groups is 2. The van der Waals surface area contributed by atoms with E-state index in [1.165, 1.54) is 21.0 Å². The number of benzene rings is 4. The highest BCUT2D eigenvalue weighted by molar-refractivity contribution is 7.84. The van der Waals surface area contributed by atoms with Crippen LogP contribution in [0.3, 0.4) is 0 Å². The van der Waals surface area contributed by atoms with E-state index in [0.29, 0.717) is 43.7 Å². The molecule has 348 valence electrons. The molecule has 16 nitrogen and oxygen atoms in total. The summed E-state index contributed by atoms with van der Waals surface area (Å²) in [6.45, 7) is 5.69. The first-order valence-corrected chi connectivity index (χ1v) is 22.6. The van der Waals surface area contributed by atoms with E-state index < -0.39 is 58.7 Å². The number of amides is 2. The van der Waals surface area contributed by atoms with Crippen LogP contribution in [0.5, 0.6) is 5.75 Å². The number of ether oxygens (including phenoxy) is 1. The van der Waals surface area contributed by atoms with Gasteiger partial charge in [-0.25, -0.2) is 4.79 Å². The Morgan fingerprint density at radius 3 is 2.12 bits per heavy atom. The van der Waals surface area contributed by atoms with Crippen LogP contribution >= 0.6 is 23.2 Å². The first-order valence-electron chi connectivity index (χ1n) is 20.3. The number of carbonyl (C=O) groups excluding carboxylic acids is 2. The van der Waals surface area contributed by atoms with Crippen LogP contribution < -0.4 is 10.1 Å². The molecule has 1 saturated heterocycles. The van der Waals surface area contributed by atoms with Crippen LogP contribution in [-0.2, 0) is 30.0 Å². The molecule has 5 rings (SSSR count). The number of rotatable bonds is 17. The molecule has 65 heavy (non-hydrogen) atoms. The number of hydrogen-bond acceptors (Lipinski definition) is 11. The summed E-state index contributed by atoms with van der Waals surface area (Å²) >= 11 is 12.8. The monoisotopic (exact) mass is 954 g/mol. The molecule has 1 fully saturated rings. The van der Waals surface area contributed by atoms with Gasteiger partial charge in [0.2, 0.25) is 0 Å². The van der Waals surface area contributed by atoms with Crippen molar-refractivity contribution in [2.75, 3.05) is 51.9 Å². The van der Waals surface area contributed by atoms with Gasteiger partial charge >= 0.3 is 17.9 Å². The highest BCUT2D eigenvalue weighted by Gasteiger charge is 2.41. The predicted molar refractivity (Wildman–Crippen MR) is 245 cm³/mol. The fourth-order valence-corrected chi connectivity index (χ4v) is 8.74. The zero-order valence-electron chi connectivity index (χ0n) is 36.5. The van der Waals surface area contributed by atoms with Gasteiger partial charge in [0.25, 0.3) is 11.8 Å². The molecule has 4 aromatic rings. The van der Waals surface area contributed by atoms with Gasteiger partial charge in [-0.3, -0.25) is 23.4 Å². The number of carbonyl (C=O) groups is 5. The molecule has 0 saturated carbocycles. The molecule has 0 aliphatic carbocycles. The van der Waals surface area contributed by atoms with Crippen molar-refractivity contribution in [1.29, 1.82) is 5.26 Å². The first-order chi connectivity index (χ1) is 30.5. The van der Waals surface area contributed by atoms with Gasteiger partial charge in [-0.15, -0.1) is 0 Å².